The number of nitrogens with one attached hydrogen (secondary N) is 2. The number of benzene rings is 1. The fraction of sp³-hybridized carbons (Fsp3) is 0.571. The van der Waals surface area contributed by atoms with Crippen molar-refractivity contribution in [1.29, 1.82) is 0 Å². The van der Waals surface area contributed by atoms with Crippen LogP contribution in [-0.4, -0.2) is 39.9 Å². The minimum Gasteiger partial charge on any atom is -0.494 e. The first-order valence-corrected chi connectivity index (χ1v) is 10.3. The van der Waals surface area contributed by atoms with Crippen LogP contribution in [0.25, 0.3) is 0 Å². The molecule has 7 heteroatoms. The Bertz CT molecular complexity index is 779. The van der Waals surface area contributed by atoms with E-state index < -0.39 is 0 Å². The highest BCUT2D eigenvalue weighted by atomic mass is 16.5. The maximum Gasteiger partial charge on any atom is 0.191 e. The summed E-state index contributed by atoms with van der Waals surface area (Å²) in [5, 5.41) is 15.4. The smallest absolute Gasteiger partial charge is 0.191 e. The number of guanidine groups is 1. The summed E-state index contributed by atoms with van der Waals surface area (Å²) < 4.78 is 7.57. The van der Waals surface area contributed by atoms with Crippen LogP contribution in [0.15, 0.2) is 29.3 Å². The van der Waals surface area contributed by atoms with Crippen molar-refractivity contribution in [3.8, 4) is 5.75 Å². The molecule has 0 bridgehead atoms. The molecule has 0 amide bonds. The van der Waals surface area contributed by atoms with Crippen molar-refractivity contribution < 1.29 is 4.74 Å². The van der Waals surface area contributed by atoms with Gasteiger partial charge in [-0.2, -0.15) is 0 Å². The van der Waals surface area contributed by atoms with Crippen LogP contribution < -0.4 is 15.4 Å². The highest BCUT2D eigenvalue weighted by Crippen LogP contribution is 2.17. The van der Waals surface area contributed by atoms with Crippen molar-refractivity contribution in [2.75, 3.05) is 13.2 Å². The topological polar surface area (TPSA) is 76.4 Å². The first-order chi connectivity index (χ1) is 13.7. The third-order valence-corrected chi connectivity index (χ3v) is 5.17. The van der Waals surface area contributed by atoms with Gasteiger partial charge in [-0.1, -0.05) is 25.0 Å². The molecule has 2 aromatic rings. The Kier molecular flexibility index (Phi) is 7.28. The van der Waals surface area contributed by atoms with Crippen LogP contribution in [0.3, 0.4) is 0 Å². The molecule has 0 atom stereocenters. The molecule has 0 unspecified atom stereocenters. The lowest BCUT2D eigenvalue weighted by atomic mass is 10.1. The van der Waals surface area contributed by atoms with Gasteiger partial charge in [-0.25, -0.2) is 4.99 Å². The van der Waals surface area contributed by atoms with Gasteiger partial charge < -0.3 is 19.9 Å². The zero-order chi connectivity index (χ0) is 19.8. The Morgan fingerprint density at radius 2 is 2.11 bits per heavy atom. The van der Waals surface area contributed by atoms with Crippen molar-refractivity contribution in [1.82, 2.24) is 25.4 Å². The molecule has 1 heterocycles. The van der Waals surface area contributed by atoms with E-state index in [4.69, 9.17) is 9.73 Å². The van der Waals surface area contributed by atoms with Gasteiger partial charge in [0.05, 0.1) is 6.61 Å². The summed E-state index contributed by atoms with van der Waals surface area (Å²) in [6, 6.07) is 8.79. The fourth-order valence-electron chi connectivity index (χ4n) is 3.44. The molecule has 0 saturated heterocycles. The second kappa shape index (κ2) is 10.1. The molecule has 1 saturated carbocycles. The van der Waals surface area contributed by atoms with Gasteiger partial charge in [0.2, 0.25) is 0 Å². The summed E-state index contributed by atoms with van der Waals surface area (Å²) in [5.74, 6) is 3.55. The maximum atomic E-state index is 5.59. The van der Waals surface area contributed by atoms with Gasteiger partial charge in [-0.3, -0.25) is 0 Å². The Balaban J connectivity index is 1.59. The van der Waals surface area contributed by atoms with Crippen molar-refractivity contribution in [3.63, 3.8) is 0 Å². The first-order valence-electron chi connectivity index (χ1n) is 10.3. The van der Waals surface area contributed by atoms with Crippen molar-refractivity contribution in [2.45, 2.75) is 58.5 Å². The summed E-state index contributed by atoms with van der Waals surface area (Å²) in [7, 11) is 1.98. The first kappa shape index (κ1) is 20.2. The standard InChI is InChI=1S/C21H32N6O/c1-4-28-19-11-7-8-17(14-19)12-13-22-21(24-18-9-5-6-10-18)23-15-20-26-25-16(2)27(20)3/h7-8,11,14,18H,4-6,9-10,12-13,15H2,1-3H3,(H2,22,23,24). The van der Waals surface area contributed by atoms with E-state index >= 15 is 0 Å². The zero-order valence-electron chi connectivity index (χ0n) is 17.2. The van der Waals surface area contributed by atoms with Gasteiger partial charge >= 0.3 is 0 Å². The van der Waals surface area contributed by atoms with Crippen molar-refractivity contribution in [3.05, 3.63) is 41.5 Å². The van der Waals surface area contributed by atoms with Gasteiger partial charge in [0.1, 0.15) is 18.1 Å². The van der Waals surface area contributed by atoms with Gasteiger partial charge in [-0.05, 0) is 50.8 Å². The summed E-state index contributed by atoms with van der Waals surface area (Å²) in [4.78, 5) is 4.76. The number of aliphatic imine (C=N–C) groups is 1. The largest absolute Gasteiger partial charge is 0.494 e. The van der Waals surface area contributed by atoms with E-state index in [1.807, 2.05) is 37.6 Å². The van der Waals surface area contributed by atoms with Crippen LogP contribution in [0.4, 0.5) is 0 Å². The molecule has 7 nitrogen and oxygen atoms in total. The quantitative estimate of drug-likeness (QED) is 0.541. The van der Waals surface area contributed by atoms with Crippen LogP contribution in [0.5, 0.6) is 5.75 Å². The van der Waals surface area contributed by atoms with E-state index in [0.717, 1.165) is 36.3 Å². The van der Waals surface area contributed by atoms with E-state index in [0.29, 0.717) is 19.2 Å². The Morgan fingerprint density at radius 3 is 2.82 bits per heavy atom. The number of aryl methyl sites for hydroxylation is 1. The number of nitrogens with zero attached hydrogens (tertiary/aromatic N) is 4. The molecule has 3 rings (SSSR count). The predicted octanol–water partition coefficient (Wildman–Crippen LogP) is 2.74. The maximum absolute atomic E-state index is 5.59. The number of ether oxygens (including phenoxy) is 1. The zero-order valence-corrected chi connectivity index (χ0v) is 17.2. The molecule has 0 radical (unpaired) electrons. The average molecular weight is 385 g/mol. The molecule has 0 aliphatic heterocycles. The number of rotatable bonds is 8. The summed E-state index contributed by atoms with van der Waals surface area (Å²) in [5.41, 5.74) is 1.25. The highest BCUT2D eigenvalue weighted by Gasteiger charge is 2.16. The lowest BCUT2D eigenvalue weighted by molar-refractivity contribution is 0.340. The molecule has 28 heavy (non-hydrogen) atoms. The van der Waals surface area contributed by atoms with E-state index in [2.05, 4.69) is 33.0 Å². The van der Waals surface area contributed by atoms with Gasteiger partial charge in [0, 0.05) is 19.6 Å². The minimum absolute atomic E-state index is 0.508. The fourth-order valence-corrected chi connectivity index (χ4v) is 3.44. The molecule has 152 valence electrons. The van der Waals surface area contributed by atoms with Crippen LogP contribution in [0.2, 0.25) is 0 Å². The van der Waals surface area contributed by atoms with E-state index in [9.17, 15) is 0 Å². The molecule has 1 aliphatic carbocycles. The van der Waals surface area contributed by atoms with E-state index in [1.165, 1.54) is 31.2 Å². The molecule has 1 fully saturated rings. The van der Waals surface area contributed by atoms with Crippen LogP contribution in [0, 0.1) is 6.92 Å². The van der Waals surface area contributed by atoms with Gasteiger partial charge in [0.15, 0.2) is 11.8 Å². The van der Waals surface area contributed by atoms with E-state index in [-0.39, 0.29) is 0 Å². The third kappa shape index (κ3) is 5.71. The second-order valence-corrected chi connectivity index (χ2v) is 7.27. The number of hydrogen-bond acceptors (Lipinski definition) is 4. The molecule has 1 aromatic carbocycles. The minimum atomic E-state index is 0.508. The summed E-state index contributed by atoms with van der Waals surface area (Å²) in [6.45, 7) is 5.97. The lowest BCUT2D eigenvalue weighted by Gasteiger charge is -2.17. The molecule has 0 spiro atoms. The van der Waals surface area contributed by atoms with Crippen LogP contribution >= 0.6 is 0 Å². The van der Waals surface area contributed by atoms with Crippen molar-refractivity contribution >= 4 is 5.96 Å². The van der Waals surface area contributed by atoms with Gasteiger partial charge in [-0.15, -0.1) is 10.2 Å². The molecular weight excluding hydrogens is 352 g/mol. The van der Waals surface area contributed by atoms with Crippen LogP contribution in [0.1, 0.15) is 49.8 Å². The molecule has 1 aromatic heterocycles. The highest BCUT2D eigenvalue weighted by molar-refractivity contribution is 5.80. The molecule has 1 aliphatic rings. The van der Waals surface area contributed by atoms with Gasteiger partial charge in [0.25, 0.3) is 0 Å². The number of hydrogen-bond donors (Lipinski definition) is 2. The van der Waals surface area contributed by atoms with E-state index in [1.54, 1.807) is 0 Å². The lowest BCUT2D eigenvalue weighted by Crippen LogP contribution is -2.43. The Hall–Kier alpha value is -2.57. The normalized spacial score (nSPS) is 15.0. The van der Waals surface area contributed by atoms with Crippen LogP contribution in [-0.2, 0) is 20.0 Å². The molecular formula is C21H32N6O. The predicted molar refractivity (Wildman–Crippen MR) is 112 cm³/mol. The SMILES string of the molecule is CCOc1cccc(CCNC(=NCc2nnc(C)n2C)NC2CCCC2)c1. The Morgan fingerprint density at radius 1 is 1.29 bits per heavy atom. The monoisotopic (exact) mass is 384 g/mol. The average Bonchev–Trinajstić information content (AvgIpc) is 3.31. The summed E-state index contributed by atoms with van der Waals surface area (Å²) in [6.07, 6.45) is 5.91. The second-order valence-electron chi connectivity index (χ2n) is 7.27. The summed E-state index contributed by atoms with van der Waals surface area (Å²) >= 11 is 0. The van der Waals surface area contributed by atoms with Crippen molar-refractivity contribution in [2.24, 2.45) is 12.0 Å². The Labute approximate surface area is 167 Å². The third-order valence-electron chi connectivity index (χ3n) is 5.17. The molecule has 2 N–H and O–H groups in total. The number of aromatic nitrogens is 3.